The van der Waals surface area contributed by atoms with Gasteiger partial charge in [-0.3, -0.25) is 20.5 Å². The molecule has 9 heteroatoms. The minimum atomic E-state index is -0.751. The number of hydrogen-bond donors (Lipinski definition) is 2. The molecule has 0 bridgehead atoms. The van der Waals surface area contributed by atoms with Gasteiger partial charge in [0.2, 0.25) is 0 Å². The van der Waals surface area contributed by atoms with Gasteiger partial charge in [0, 0.05) is 6.07 Å². The second-order valence-corrected chi connectivity index (χ2v) is 6.29. The number of hydrazine groups is 1. The molecule has 1 atom stereocenters. The molecule has 1 aromatic carbocycles. The van der Waals surface area contributed by atoms with Crippen LogP contribution in [0, 0.1) is 21.4 Å². The van der Waals surface area contributed by atoms with Gasteiger partial charge in [-0.05, 0) is 26.8 Å². The number of ether oxygens (including phenoxy) is 1. The van der Waals surface area contributed by atoms with Crippen molar-refractivity contribution in [1.82, 2.24) is 15.8 Å². The van der Waals surface area contributed by atoms with Crippen LogP contribution in [0.3, 0.4) is 0 Å². The second-order valence-electron chi connectivity index (χ2n) is 6.29. The second kappa shape index (κ2) is 6.86. The largest absolute Gasteiger partial charge is 0.491 e. The van der Waals surface area contributed by atoms with Crippen molar-refractivity contribution in [1.29, 1.82) is 5.26 Å². The fourth-order valence-corrected chi connectivity index (χ4v) is 3.10. The number of allylic oxidation sites excluding steroid dienone is 2. The van der Waals surface area contributed by atoms with Crippen molar-refractivity contribution in [3.05, 3.63) is 68.5 Å². The Morgan fingerprint density at radius 2 is 2.07 bits per heavy atom. The van der Waals surface area contributed by atoms with Crippen molar-refractivity contribution in [3.8, 4) is 6.07 Å². The number of nitro benzene ring substituents is 1. The molecule has 0 aromatic heterocycles. The lowest BCUT2D eigenvalue weighted by atomic mass is 9.99. The lowest BCUT2D eigenvalue weighted by Gasteiger charge is -2.38. The maximum atomic E-state index is 11.6. The highest BCUT2D eigenvalue weighted by Gasteiger charge is 2.43. The maximum Gasteiger partial charge on any atom is 0.275 e. The summed E-state index contributed by atoms with van der Waals surface area (Å²) in [5.74, 6) is 2.49. The molecule has 0 amide bonds. The summed E-state index contributed by atoms with van der Waals surface area (Å²) < 4.78 is 5.95. The van der Waals surface area contributed by atoms with Crippen LogP contribution in [-0.4, -0.2) is 22.0 Å². The number of para-hydroxylation sites is 1. The molecule has 3 rings (SSSR count). The van der Waals surface area contributed by atoms with E-state index in [-0.39, 0.29) is 23.1 Å². The van der Waals surface area contributed by atoms with Crippen molar-refractivity contribution >= 4 is 11.6 Å². The third-order valence-electron chi connectivity index (χ3n) is 4.15. The summed E-state index contributed by atoms with van der Waals surface area (Å²) >= 11 is 0. The zero-order chi connectivity index (χ0) is 19.7. The Hall–Kier alpha value is -3.76. The van der Waals surface area contributed by atoms with Gasteiger partial charge < -0.3 is 10.1 Å². The number of carbonyl (C=O) groups excluding carboxylic acids is 1. The molecule has 2 N–H and O–H groups in total. The summed E-state index contributed by atoms with van der Waals surface area (Å²) in [6, 6.07) is 7.51. The fourth-order valence-electron chi connectivity index (χ4n) is 3.10. The molecule has 0 aliphatic carbocycles. The Balaban J connectivity index is 2.26. The quantitative estimate of drug-likeness (QED) is 0.472. The molecular weight excluding hydrogens is 350 g/mol. The lowest BCUT2D eigenvalue weighted by molar-refractivity contribution is -0.386. The maximum absolute atomic E-state index is 11.6. The van der Waals surface area contributed by atoms with Crippen LogP contribution in [0.4, 0.5) is 5.69 Å². The average molecular weight is 367 g/mol. The van der Waals surface area contributed by atoms with Gasteiger partial charge in [-0.25, -0.2) is 4.79 Å². The number of nitrogens with zero attached hydrogens (tertiary/aromatic N) is 3. The van der Waals surface area contributed by atoms with Crippen molar-refractivity contribution < 1.29 is 14.5 Å². The van der Waals surface area contributed by atoms with E-state index in [1.807, 2.05) is 19.9 Å². The third-order valence-corrected chi connectivity index (χ3v) is 4.15. The molecular formula is C18H17N5O4. The summed E-state index contributed by atoms with van der Waals surface area (Å²) in [4.78, 5) is 22.4. The van der Waals surface area contributed by atoms with Crippen LogP contribution in [0.25, 0.3) is 0 Å². The summed E-state index contributed by atoms with van der Waals surface area (Å²) in [7, 11) is 0. The molecule has 2 aliphatic rings. The molecule has 2 aliphatic heterocycles. The van der Waals surface area contributed by atoms with Crippen LogP contribution in [0.5, 0.6) is 0 Å². The van der Waals surface area contributed by atoms with Crippen molar-refractivity contribution in [3.63, 3.8) is 0 Å². The Kier molecular flexibility index (Phi) is 4.59. The molecule has 9 nitrogen and oxygen atoms in total. The van der Waals surface area contributed by atoms with Crippen LogP contribution in [0.2, 0.25) is 0 Å². The third kappa shape index (κ3) is 2.99. The van der Waals surface area contributed by atoms with Gasteiger partial charge in [0.25, 0.3) is 5.69 Å². The minimum Gasteiger partial charge on any atom is -0.491 e. The Morgan fingerprint density at radius 1 is 1.37 bits per heavy atom. The topological polar surface area (TPSA) is 121 Å². The number of hydrogen-bond acceptors (Lipinski definition) is 8. The van der Waals surface area contributed by atoms with Gasteiger partial charge in [-0.2, -0.15) is 5.26 Å². The van der Waals surface area contributed by atoms with Gasteiger partial charge >= 0.3 is 0 Å². The van der Waals surface area contributed by atoms with Gasteiger partial charge in [-0.1, -0.05) is 12.1 Å². The van der Waals surface area contributed by atoms with Crippen LogP contribution in [0.1, 0.15) is 32.4 Å². The number of rotatable bonds is 4. The number of fused-ring (bicyclic) bond motifs is 1. The predicted octanol–water partition coefficient (Wildman–Crippen LogP) is 2.17. The standard InChI is InChI=1S/C18H17N5O4/c1-10(2)27-17-11(3)20-18-13(8-19)14(9-24)21-22(18)16(17)12-6-4-5-7-15(12)23(25)26/h4-7,10,16,20-21H,1-3H3. The highest BCUT2D eigenvalue weighted by Crippen LogP contribution is 2.42. The number of benzene rings is 1. The van der Waals surface area contributed by atoms with Crippen LogP contribution in [0.15, 0.2) is 52.8 Å². The summed E-state index contributed by atoms with van der Waals surface area (Å²) in [5, 5.41) is 25.5. The Bertz CT molecular complexity index is 966. The summed E-state index contributed by atoms with van der Waals surface area (Å²) in [6.45, 7) is 5.44. The van der Waals surface area contributed by atoms with E-state index < -0.39 is 11.0 Å². The number of nitro groups is 1. The Morgan fingerprint density at radius 3 is 2.67 bits per heavy atom. The molecule has 1 aromatic rings. The fraction of sp³-hybridized carbons (Fsp3) is 0.278. The van der Waals surface area contributed by atoms with Gasteiger partial charge in [0.1, 0.15) is 29.3 Å². The van der Waals surface area contributed by atoms with E-state index in [4.69, 9.17) is 4.74 Å². The first-order valence-corrected chi connectivity index (χ1v) is 8.22. The molecule has 138 valence electrons. The van der Waals surface area contributed by atoms with Crippen molar-refractivity contribution in [2.45, 2.75) is 32.9 Å². The molecule has 1 unspecified atom stereocenters. The van der Waals surface area contributed by atoms with E-state index in [0.29, 0.717) is 22.8 Å². The first kappa shape index (κ1) is 18.0. The SMILES string of the molecule is CC1=C(OC(C)C)C(c2ccccc2[N+](=O)[O-])N2NC(=C=O)C(C#N)=C2N1. The molecule has 0 saturated carbocycles. The van der Waals surface area contributed by atoms with Crippen molar-refractivity contribution in [2.24, 2.45) is 0 Å². The van der Waals surface area contributed by atoms with Gasteiger partial charge in [0.05, 0.1) is 22.3 Å². The monoisotopic (exact) mass is 367 g/mol. The zero-order valence-electron chi connectivity index (χ0n) is 14.9. The first-order valence-electron chi connectivity index (χ1n) is 8.22. The van der Waals surface area contributed by atoms with E-state index in [0.717, 1.165) is 0 Å². The summed E-state index contributed by atoms with van der Waals surface area (Å²) in [5.41, 5.74) is 3.73. The lowest BCUT2D eigenvalue weighted by Crippen LogP contribution is -2.45. The summed E-state index contributed by atoms with van der Waals surface area (Å²) in [6.07, 6.45) is -0.188. The number of nitrogens with one attached hydrogen (secondary N) is 2. The first-order chi connectivity index (χ1) is 12.9. The van der Waals surface area contributed by atoms with Crippen molar-refractivity contribution in [2.75, 3.05) is 0 Å². The normalized spacial score (nSPS) is 18.6. The molecule has 2 heterocycles. The zero-order valence-corrected chi connectivity index (χ0v) is 14.9. The van der Waals surface area contributed by atoms with Crippen LogP contribution < -0.4 is 10.7 Å². The minimum absolute atomic E-state index is 0.0396. The molecule has 0 spiro atoms. The number of nitriles is 1. The van der Waals surface area contributed by atoms with E-state index in [9.17, 15) is 20.2 Å². The smallest absolute Gasteiger partial charge is 0.275 e. The van der Waals surface area contributed by atoms with Crippen LogP contribution >= 0.6 is 0 Å². The van der Waals surface area contributed by atoms with Gasteiger partial charge in [0.15, 0.2) is 11.6 Å². The molecule has 27 heavy (non-hydrogen) atoms. The average Bonchev–Trinajstić information content (AvgIpc) is 2.98. The predicted molar refractivity (Wildman–Crippen MR) is 94.7 cm³/mol. The van der Waals surface area contributed by atoms with E-state index in [1.54, 1.807) is 31.1 Å². The Labute approximate surface area is 155 Å². The van der Waals surface area contributed by atoms with E-state index in [2.05, 4.69) is 10.7 Å². The van der Waals surface area contributed by atoms with Gasteiger partial charge in [-0.15, -0.1) is 0 Å². The molecule has 0 saturated heterocycles. The highest BCUT2D eigenvalue weighted by molar-refractivity contribution is 5.67. The molecule has 0 radical (unpaired) electrons. The van der Waals surface area contributed by atoms with E-state index in [1.165, 1.54) is 11.1 Å². The highest BCUT2D eigenvalue weighted by atomic mass is 16.6. The van der Waals surface area contributed by atoms with Crippen LogP contribution in [-0.2, 0) is 9.53 Å². The molecule has 0 fully saturated rings. The van der Waals surface area contributed by atoms with E-state index >= 15 is 0 Å².